The average molecular weight is 273 g/mol. The summed E-state index contributed by atoms with van der Waals surface area (Å²) in [5, 5.41) is 12.0. The SMILES string of the molecule is O=C(Cc1ccc(C(=O)O)cc1)NC1CC2CCC1C2. The zero-order chi connectivity index (χ0) is 14.1. The predicted molar refractivity (Wildman–Crippen MR) is 74.5 cm³/mol. The van der Waals surface area contributed by atoms with E-state index in [2.05, 4.69) is 5.32 Å². The molecule has 3 unspecified atom stereocenters. The second kappa shape index (κ2) is 5.27. The van der Waals surface area contributed by atoms with Gasteiger partial charge in [-0.3, -0.25) is 4.79 Å². The molecule has 2 aliphatic rings. The molecule has 2 fully saturated rings. The molecule has 0 heterocycles. The number of carboxylic acid groups (broad SMARTS) is 1. The van der Waals surface area contributed by atoms with Gasteiger partial charge in [-0.25, -0.2) is 4.79 Å². The molecule has 0 aliphatic heterocycles. The van der Waals surface area contributed by atoms with E-state index in [1.165, 1.54) is 19.3 Å². The van der Waals surface area contributed by atoms with Crippen LogP contribution in [-0.2, 0) is 11.2 Å². The molecule has 0 spiro atoms. The summed E-state index contributed by atoms with van der Waals surface area (Å²) in [4.78, 5) is 22.8. The van der Waals surface area contributed by atoms with E-state index in [1.54, 1.807) is 24.3 Å². The summed E-state index contributed by atoms with van der Waals surface area (Å²) in [7, 11) is 0. The molecular weight excluding hydrogens is 254 g/mol. The molecular formula is C16H19NO3. The molecule has 0 saturated heterocycles. The van der Waals surface area contributed by atoms with E-state index in [1.807, 2.05) is 0 Å². The van der Waals surface area contributed by atoms with Crippen molar-refractivity contribution in [2.24, 2.45) is 11.8 Å². The summed E-state index contributed by atoms with van der Waals surface area (Å²) < 4.78 is 0. The summed E-state index contributed by atoms with van der Waals surface area (Å²) in [6.45, 7) is 0. The molecule has 0 radical (unpaired) electrons. The van der Waals surface area contributed by atoms with Gasteiger partial charge in [0.05, 0.1) is 12.0 Å². The molecule has 0 aromatic heterocycles. The van der Waals surface area contributed by atoms with Crippen LogP contribution in [0.2, 0.25) is 0 Å². The number of carbonyl (C=O) groups is 2. The first kappa shape index (κ1) is 13.2. The van der Waals surface area contributed by atoms with Gasteiger partial charge in [0.25, 0.3) is 0 Å². The van der Waals surface area contributed by atoms with Crippen LogP contribution in [0.4, 0.5) is 0 Å². The summed E-state index contributed by atoms with van der Waals surface area (Å²) in [5.41, 5.74) is 1.11. The van der Waals surface area contributed by atoms with E-state index in [0.29, 0.717) is 18.4 Å². The molecule has 2 saturated carbocycles. The Bertz CT molecular complexity index is 523. The lowest BCUT2D eigenvalue weighted by Crippen LogP contribution is -2.39. The predicted octanol–water partition coefficient (Wildman–Crippen LogP) is 2.23. The summed E-state index contributed by atoms with van der Waals surface area (Å²) in [6.07, 6.45) is 5.32. The second-order valence-electron chi connectivity index (χ2n) is 6.03. The highest BCUT2D eigenvalue weighted by molar-refractivity contribution is 5.87. The molecule has 3 rings (SSSR count). The van der Waals surface area contributed by atoms with Crippen molar-refractivity contribution in [1.29, 1.82) is 0 Å². The van der Waals surface area contributed by atoms with Crippen molar-refractivity contribution in [3.05, 3.63) is 35.4 Å². The zero-order valence-electron chi connectivity index (χ0n) is 11.3. The van der Waals surface area contributed by atoms with Gasteiger partial charge in [-0.05, 0) is 48.8 Å². The fourth-order valence-electron chi connectivity index (χ4n) is 3.63. The van der Waals surface area contributed by atoms with Gasteiger partial charge in [-0.2, -0.15) is 0 Å². The molecule has 4 nitrogen and oxygen atoms in total. The normalized spacial score (nSPS) is 27.5. The molecule has 3 atom stereocenters. The van der Waals surface area contributed by atoms with Gasteiger partial charge in [0.1, 0.15) is 0 Å². The highest BCUT2D eigenvalue weighted by Gasteiger charge is 2.39. The van der Waals surface area contributed by atoms with Crippen LogP contribution in [0.5, 0.6) is 0 Å². The van der Waals surface area contributed by atoms with Crippen LogP contribution in [0.25, 0.3) is 0 Å². The summed E-state index contributed by atoms with van der Waals surface area (Å²) in [5.74, 6) is 0.604. The number of rotatable bonds is 4. The average Bonchev–Trinajstić information content (AvgIpc) is 3.01. The Morgan fingerprint density at radius 3 is 2.45 bits per heavy atom. The van der Waals surface area contributed by atoms with Crippen LogP contribution in [0, 0.1) is 11.8 Å². The molecule has 1 aromatic carbocycles. The first-order valence-corrected chi connectivity index (χ1v) is 7.23. The largest absolute Gasteiger partial charge is 0.478 e. The molecule has 2 aliphatic carbocycles. The van der Waals surface area contributed by atoms with Crippen molar-refractivity contribution < 1.29 is 14.7 Å². The Morgan fingerprint density at radius 1 is 1.15 bits per heavy atom. The van der Waals surface area contributed by atoms with Crippen LogP contribution in [-0.4, -0.2) is 23.0 Å². The van der Waals surface area contributed by atoms with Crippen molar-refractivity contribution in [1.82, 2.24) is 5.32 Å². The minimum atomic E-state index is -0.942. The summed E-state index contributed by atoms with van der Waals surface area (Å²) >= 11 is 0. The van der Waals surface area contributed by atoms with Crippen LogP contribution in [0.1, 0.15) is 41.6 Å². The molecule has 2 N–H and O–H groups in total. The monoisotopic (exact) mass is 273 g/mol. The third kappa shape index (κ3) is 2.69. The van der Waals surface area contributed by atoms with Crippen molar-refractivity contribution >= 4 is 11.9 Å². The number of nitrogens with one attached hydrogen (secondary N) is 1. The highest BCUT2D eigenvalue weighted by atomic mass is 16.4. The van der Waals surface area contributed by atoms with Crippen molar-refractivity contribution in [3.8, 4) is 0 Å². The Kier molecular flexibility index (Phi) is 3.47. The van der Waals surface area contributed by atoms with Gasteiger partial charge < -0.3 is 10.4 Å². The Hall–Kier alpha value is -1.84. The van der Waals surface area contributed by atoms with Crippen LogP contribution in [0.3, 0.4) is 0 Å². The molecule has 4 heteroatoms. The van der Waals surface area contributed by atoms with E-state index in [-0.39, 0.29) is 11.5 Å². The number of hydrogen-bond acceptors (Lipinski definition) is 2. The van der Waals surface area contributed by atoms with Crippen molar-refractivity contribution in [2.75, 3.05) is 0 Å². The standard InChI is InChI=1S/C16H19NO3/c18-15(17-14-8-11-3-6-13(14)7-11)9-10-1-4-12(5-2-10)16(19)20/h1-2,4-5,11,13-14H,3,6-9H2,(H,17,18)(H,19,20). The van der Waals surface area contributed by atoms with Gasteiger partial charge >= 0.3 is 5.97 Å². The van der Waals surface area contributed by atoms with E-state index < -0.39 is 5.97 Å². The maximum atomic E-state index is 12.0. The third-order valence-corrected chi connectivity index (χ3v) is 4.65. The molecule has 2 bridgehead atoms. The minimum Gasteiger partial charge on any atom is -0.478 e. The topological polar surface area (TPSA) is 66.4 Å². The van der Waals surface area contributed by atoms with Crippen molar-refractivity contribution in [2.45, 2.75) is 38.1 Å². The number of amides is 1. The smallest absolute Gasteiger partial charge is 0.335 e. The number of carbonyl (C=O) groups excluding carboxylic acids is 1. The van der Waals surface area contributed by atoms with E-state index in [9.17, 15) is 9.59 Å². The van der Waals surface area contributed by atoms with Crippen LogP contribution < -0.4 is 5.32 Å². The lowest BCUT2D eigenvalue weighted by Gasteiger charge is -2.22. The Morgan fingerprint density at radius 2 is 1.90 bits per heavy atom. The first-order valence-electron chi connectivity index (χ1n) is 7.23. The highest BCUT2D eigenvalue weighted by Crippen LogP contribution is 2.44. The Labute approximate surface area is 118 Å². The zero-order valence-corrected chi connectivity index (χ0v) is 11.3. The fourth-order valence-corrected chi connectivity index (χ4v) is 3.63. The number of fused-ring (bicyclic) bond motifs is 2. The second-order valence-corrected chi connectivity index (χ2v) is 6.03. The van der Waals surface area contributed by atoms with Gasteiger partial charge in [0, 0.05) is 6.04 Å². The maximum Gasteiger partial charge on any atom is 0.335 e. The van der Waals surface area contributed by atoms with Gasteiger partial charge in [0.2, 0.25) is 5.91 Å². The lowest BCUT2D eigenvalue weighted by molar-refractivity contribution is -0.121. The quantitative estimate of drug-likeness (QED) is 0.884. The van der Waals surface area contributed by atoms with Crippen LogP contribution in [0.15, 0.2) is 24.3 Å². The molecule has 20 heavy (non-hydrogen) atoms. The Balaban J connectivity index is 1.55. The number of hydrogen-bond donors (Lipinski definition) is 2. The molecule has 106 valence electrons. The van der Waals surface area contributed by atoms with E-state index in [0.717, 1.165) is 17.9 Å². The van der Waals surface area contributed by atoms with Crippen molar-refractivity contribution in [3.63, 3.8) is 0 Å². The third-order valence-electron chi connectivity index (χ3n) is 4.65. The first-order chi connectivity index (χ1) is 9.61. The van der Waals surface area contributed by atoms with Gasteiger partial charge in [-0.1, -0.05) is 18.6 Å². The van der Waals surface area contributed by atoms with Gasteiger partial charge in [0.15, 0.2) is 0 Å². The number of benzene rings is 1. The lowest BCUT2D eigenvalue weighted by atomic mass is 9.95. The fraction of sp³-hybridized carbons (Fsp3) is 0.500. The van der Waals surface area contributed by atoms with E-state index in [4.69, 9.17) is 5.11 Å². The molecule has 1 aromatic rings. The summed E-state index contributed by atoms with van der Waals surface area (Å²) in [6, 6.07) is 6.87. The number of aromatic carboxylic acids is 1. The minimum absolute atomic E-state index is 0.0469. The number of carboxylic acids is 1. The van der Waals surface area contributed by atoms with Gasteiger partial charge in [-0.15, -0.1) is 0 Å². The maximum absolute atomic E-state index is 12.0. The van der Waals surface area contributed by atoms with E-state index >= 15 is 0 Å². The molecule has 1 amide bonds. The van der Waals surface area contributed by atoms with Crippen LogP contribution >= 0.6 is 0 Å².